The van der Waals surface area contributed by atoms with Crippen molar-refractivity contribution >= 4 is 33.6 Å². The van der Waals surface area contributed by atoms with E-state index in [1.54, 1.807) is 36.5 Å². The molecule has 8 heteroatoms. The Bertz CT molecular complexity index is 994. The lowest BCUT2D eigenvalue weighted by molar-refractivity contribution is -0.132. The summed E-state index contributed by atoms with van der Waals surface area (Å²) in [5.74, 6) is 0.531. The van der Waals surface area contributed by atoms with Crippen LogP contribution >= 0.6 is 15.9 Å². The largest absolute Gasteiger partial charge is 0.467 e. The first-order chi connectivity index (χ1) is 16.0. The van der Waals surface area contributed by atoms with Crippen molar-refractivity contribution in [2.45, 2.75) is 13.0 Å². The van der Waals surface area contributed by atoms with Gasteiger partial charge in [-0.05, 0) is 48.4 Å². The number of ether oxygens (including phenoxy) is 1. The molecule has 0 fully saturated rings. The van der Waals surface area contributed by atoms with Gasteiger partial charge in [-0.1, -0.05) is 46.3 Å². The Hall–Kier alpha value is -3.10. The molecule has 0 atom stereocenters. The molecule has 0 saturated heterocycles. The fourth-order valence-corrected chi connectivity index (χ4v) is 3.51. The quantitative estimate of drug-likeness (QED) is 0.399. The first kappa shape index (κ1) is 24.5. The smallest absolute Gasteiger partial charge is 0.322 e. The van der Waals surface area contributed by atoms with Crippen LogP contribution in [0.2, 0.25) is 0 Å². The maximum absolute atomic E-state index is 13.3. The van der Waals surface area contributed by atoms with Crippen LogP contribution < -0.4 is 5.32 Å². The van der Waals surface area contributed by atoms with Gasteiger partial charge < -0.3 is 24.3 Å². The number of halogens is 1. The molecule has 0 aliphatic heterocycles. The van der Waals surface area contributed by atoms with E-state index < -0.39 is 0 Å². The van der Waals surface area contributed by atoms with Crippen molar-refractivity contribution in [1.82, 2.24) is 9.80 Å². The summed E-state index contributed by atoms with van der Waals surface area (Å²) in [6.07, 6.45) is 2.29. The minimum absolute atomic E-state index is 0.0682. The second-order valence-corrected chi connectivity index (χ2v) is 8.40. The van der Waals surface area contributed by atoms with Gasteiger partial charge in [0.2, 0.25) is 5.91 Å². The number of carbonyl (C=O) groups excluding carboxylic acids is 2. The van der Waals surface area contributed by atoms with Crippen LogP contribution in [0.3, 0.4) is 0 Å². The Kier molecular flexibility index (Phi) is 9.53. The molecule has 2 aromatic carbocycles. The molecule has 0 spiro atoms. The van der Waals surface area contributed by atoms with Crippen LogP contribution in [-0.2, 0) is 22.5 Å². The molecule has 1 N–H and O–H groups in total. The average molecular weight is 514 g/mol. The summed E-state index contributed by atoms with van der Waals surface area (Å²) in [6.45, 7) is 1.39. The van der Waals surface area contributed by atoms with Gasteiger partial charge in [0, 0.05) is 30.4 Å². The molecule has 0 aliphatic carbocycles. The number of benzene rings is 2. The van der Waals surface area contributed by atoms with Crippen LogP contribution in [0.15, 0.2) is 81.9 Å². The summed E-state index contributed by atoms with van der Waals surface area (Å²) in [7, 11) is 1.57. The fraction of sp³-hybridized carbons (Fsp3) is 0.280. The summed E-state index contributed by atoms with van der Waals surface area (Å²) in [4.78, 5) is 29.4. The van der Waals surface area contributed by atoms with E-state index in [1.165, 1.54) is 4.90 Å². The van der Waals surface area contributed by atoms with E-state index in [4.69, 9.17) is 9.15 Å². The van der Waals surface area contributed by atoms with E-state index in [-0.39, 0.29) is 25.0 Å². The van der Waals surface area contributed by atoms with Crippen LogP contribution in [0.5, 0.6) is 0 Å². The zero-order chi connectivity index (χ0) is 23.5. The number of carbonyl (C=O) groups is 2. The lowest BCUT2D eigenvalue weighted by Gasteiger charge is -2.27. The lowest BCUT2D eigenvalue weighted by atomic mass is 10.1. The molecule has 3 rings (SSSR count). The van der Waals surface area contributed by atoms with Crippen molar-refractivity contribution in [1.29, 1.82) is 0 Å². The van der Waals surface area contributed by atoms with Gasteiger partial charge in [0.25, 0.3) is 0 Å². The van der Waals surface area contributed by atoms with Gasteiger partial charge in [-0.2, -0.15) is 0 Å². The predicted molar refractivity (Wildman–Crippen MR) is 131 cm³/mol. The molecular weight excluding hydrogens is 486 g/mol. The van der Waals surface area contributed by atoms with E-state index in [1.807, 2.05) is 48.5 Å². The lowest BCUT2D eigenvalue weighted by Crippen LogP contribution is -2.46. The van der Waals surface area contributed by atoms with Crippen molar-refractivity contribution in [2.75, 3.05) is 38.7 Å². The van der Waals surface area contributed by atoms with Crippen LogP contribution in [0.1, 0.15) is 11.3 Å². The zero-order valence-electron chi connectivity index (χ0n) is 18.6. The van der Waals surface area contributed by atoms with E-state index >= 15 is 0 Å². The third-order valence-electron chi connectivity index (χ3n) is 5.07. The number of methoxy groups -OCH3 is 1. The first-order valence-corrected chi connectivity index (χ1v) is 11.5. The number of rotatable bonds is 11. The van der Waals surface area contributed by atoms with Crippen LogP contribution in [0.25, 0.3) is 0 Å². The van der Waals surface area contributed by atoms with Gasteiger partial charge >= 0.3 is 6.03 Å². The molecule has 0 radical (unpaired) electrons. The number of nitrogens with one attached hydrogen (secondary N) is 1. The SMILES string of the molecule is COCCN(CC(=O)N(CCc1ccccc1)Cc1ccco1)C(=O)Nc1ccc(Br)cc1. The van der Waals surface area contributed by atoms with Crippen molar-refractivity contribution < 1.29 is 18.7 Å². The minimum atomic E-state index is -0.358. The van der Waals surface area contributed by atoms with Gasteiger partial charge in [-0.15, -0.1) is 0 Å². The zero-order valence-corrected chi connectivity index (χ0v) is 20.2. The highest BCUT2D eigenvalue weighted by Gasteiger charge is 2.22. The molecule has 7 nitrogen and oxygen atoms in total. The van der Waals surface area contributed by atoms with Crippen LogP contribution in [0, 0.1) is 0 Å². The van der Waals surface area contributed by atoms with Crippen LogP contribution in [0.4, 0.5) is 10.5 Å². The molecule has 3 amide bonds. The third kappa shape index (κ3) is 8.07. The Balaban J connectivity index is 1.68. The molecule has 0 saturated carbocycles. The van der Waals surface area contributed by atoms with Crippen molar-refractivity contribution in [3.05, 3.63) is 88.8 Å². The fourth-order valence-electron chi connectivity index (χ4n) is 3.24. The number of furan rings is 1. The van der Waals surface area contributed by atoms with Crippen molar-refractivity contribution in [2.24, 2.45) is 0 Å². The summed E-state index contributed by atoms with van der Waals surface area (Å²) in [5.41, 5.74) is 1.79. The van der Waals surface area contributed by atoms with Gasteiger partial charge in [0.15, 0.2) is 0 Å². The van der Waals surface area contributed by atoms with E-state index in [0.717, 1.165) is 10.0 Å². The first-order valence-electron chi connectivity index (χ1n) is 10.7. The molecular formula is C25H28BrN3O4. The molecule has 174 valence electrons. The van der Waals surface area contributed by atoms with E-state index in [2.05, 4.69) is 21.2 Å². The number of nitrogens with zero attached hydrogens (tertiary/aromatic N) is 2. The third-order valence-corrected chi connectivity index (χ3v) is 5.60. The monoisotopic (exact) mass is 513 g/mol. The highest BCUT2D eigenvalue weighted by Crippen LogP contribution is 2.15. The molecule has 1 aromatic heterocycles. The maximum Gasteiger partial charge on any atom is 0.322 e. The van der Waals surface area contributed by atoms with Gasteiger partial charge in [0.1, 0.15) is 12.3 Å². The highest BCUT2D eigenvalue weighted by atomic mass is 79.9. The standard InChI is InChI=1S/C25H28BrN3O4/c1-32-17-15-29(25(31)27-22-11-9-21(26)10-12-22)19-24(30)28(18-23-8-5-16-33-23)14-13-20-6-3-2-4-7-20/h2-12,16H,13-15,17-19H2,1H3,(H,27,31). The van der Waals surface area contributed by atoms with E-state index in [9.17, 15) is 9.59 Å². The van der Waals surface area contributed by atoms with E-state index in [0.29, 0.717) is 37.6 Å². The topological polar surface area (TPSA) is 75.0 Å². The minimum Gasteiger partial charge on any atom is -0.467 e. The Morgan fingerprint density at radius 3 is 2.39 bits per heavy atom. The summed E-state index contributed by atoms with van der Waals surface area (Å²) in [5, 5.41) is 2.85. The highest BCUT2D eigenvalue weighted by molar-refractivity contribution is 9.10. The molecule has 0 aliphatic rings. The number of anilines is 1. The van der Waals surface area contributed by atoms with Crippen molar-refractivity contribution in [3.63, 3.8) is 0 Å². The van der Waals surface area contributed by atoms with Gasteiger partial charge in [-0.25, -0.2) is 4.79 Å². The molecule has 0 bridgehead atoms. The van der Waals surface area contributed by atoms with Crippen LogP contribution in [-0.4, -0.2) is 55.1 Å². The number of amides is 3. The van der Waals surface area contributed by atoms with Gasteiger partial charge in [-0.3, -0.25) is 4.79 Å². The predicted octanol–water partition coefficient (Wildman–Crippen LogP) is 4.79. The number of hydrogen-bond donors (Lipinski definition) is 1. The van der Waals surface area contributed by atoms with Gasteiger partial charge in [0.05, 0.1) is 19.4 Å². The average Bonchev–Trinajstić information content (AvgIpc) is 3.34. The summed E-state index contributed by atoms with van der Waals surface area (Å²) in [6, 6.07) is 20.5. The number of urea groups is 1. The second-order valence-electron chi connectivity index (χ2n) is 7.48. The maximum atomic E-state index is 13.3. The summed E-state index contributed by atoms with van der Waals surface area (Å²) >= 11 is 3.38. The summed E-state index contributed by atoms with van der Waals surface area (Å²) < 4.78 is 11.5. The molecule has 33 heavy (non-hydrogen) atoms. The molecule has 3 aromatic rings. The molecule has 1 heterocycles. The Morgan fingerprint density at radius 1 is 0.970 bits per heavy atom. The second kappa shape index (κ2) is 12.8. The normalized spacial score (nSPS) is 10.6. The Morgan fingerprint density at radius 2 is 1.73 bits per heavy atom. The van der Waals surface area contributed by atoms with Crippen molar-refractivity contribution in [3.8, 4) is 0 Å². The molecule has 0 unspecified atom stereocenters. The number of hydrogen-bond acceptors (Lipinski definition) is 4. The Labute approximate surface area is 202 Å².